The van der Waals surface area contributed by atoms with Crippen LogP contribution < -0.4 is 0 Å². The van der Waals surface area contributed by atoms with Gasteiger partial charge in [-0.25, -0.2) is 4.68 Å². The number of aromatic nitrogens is 3. The van der Waals surface area contributed by atoms with Crippen molar-refractivity contribution in [3.8, 4) is 0 Å². The van der Waals surface area contributed by atoms with E-state index in [1.54, 1.807) is 4.68 Å². The lowest BCUT2D eigenvalue weighted by molar-refractivity contribution is -0.142. The molecule has 2 amide bonds. The van der Waals surface area contributed by atoms with E-state index in [1.165, 1.54) is 12.8 Å². The SMILES string of the molecule is CN1CCC2(CCN(C(=O)Cn3cc(C4CC4)nn3)CC2)C1=O. The molecule has 1 saturated carbocycles. The zero-order chi connectivity index (χ0) is 16.0. The molecule has 0 bridgehead atoms. The molecule has 2 aliphatic heterocycles. The molecule has 4 rings (SSSR count). The van der Waals surface area contributed by atoms with Gasteiger partial charge in [0.1, 0.15) is 6.54 Å². The quantitative estimate of drug-likeness (QED) is 0.819. The number of hydrogen-bond donors (Lipinski definition) is 0. The molecule has 7 heteroatoms. The van der Waals surface area contributed by atoms with Crippen LogP contribution in [0.3, 0.4) is 0 Å². The van der Waals surface area contributed by atoms with Crippen molar-refractivity contribution in [1.82, 2.24) is 24.8 Å². The molecule has 0 radical (unpaired) electrons. The molecule has 3 aliphatic rings. The van der Waals surface area contributed by atoms with Crippen molar-refractivity contribution in [3.05, 3.63) is 11.9 Å². The molecule has 0 aromatic carbocycles. The van der Waals surface area contributed by atoms with E-state index in [9.17, 15) is 9.59 Å². The number of hydrogen-bond acceptors (Lipinski definition) is 4. The molecule has 1 aromatic rings. The Labute approximate surface area is 135 Å². The maximum atomic E-state index is 12.5. The summed E-state index contributed by atoms with van der Waals surface area (Å²) in [6, 6.07) is 0. The molecule has 23 heavy (non-hydrogen) atoms. The Morgan fingerprint density at radius 3 is 2.57 bits per heavy atom. The Bertz CT molecular complexity index is 628. The van der Waals surface area contributed by atoms with Crippen LogP contribution >= 0.6 is 0 Å². The molecule has 1 spiro atoms. The van der Waals surface area contributed by atoms with Gasteiger partial charge in [0.15, 0.2) is 0 Å². The van der Waals surface area contributed by atoms with Crippen molar-refractivity contribution in [2.75, 3.05) is 26.7 Å². The predicted octanol–water partition coefficient (Wildman–Crippen LogP) is 0.626. The summed E-state index contributed by atoms with van der Waals surface area (Å²) in [7, 11) is 1.87. The van der Waals surface area contributed by atoms with Gasteiger partial charge in [-0.1, -0.05) is 5.21 Å². The van der Waals surface area contributed by atoms with E-state index in [-0.39, 0.29) is 23.8 Å². The molecule has 7 nitrogen and oxygen atoms in total. The summed E-state index contributed by atoms with van der Waals surface area (Å²) in [4.78, 5) is 28.5. The van der Waals surface area contributed by atoms with Crippen LogP contribution in [0, 0.1) is 5.41 Å². The van der Waals surface area contributed by atoms with Crippen LogP contribution in [0.15, 0.2) is 6.20 Å². The van der Waals surface area contributed by atoms with Gasteiger partial charge in [0.2, 0.25) is 11.8 Å². The van der Waals surface area contributed by atoms with Crippen LogP contribution in [-0.4, -0.2) is 63.3 Å². The zero-order valence-corrected chi connectivity index (χ0v) is 13.6. The molecule has 124 valence electrons. The summed E-state index contributed by atoms with van der Waals surface area (Å²) in [6.07, 6.45) is 6.76. The summed E-state index contributed by atoms with van der Waals surface area (Å²) >= 11 is 0. The topological polar surface area (TPSA) is 71.3 Å². The maximum absolute atomic E-state index is 12.5. The first-order chi connectivity index (χ1) is 11.1. The van der Waals surface area contributed by atoms with E-state index in [1.807, 2.05) is 23.0 Å². The van der Waals surface area contributed by atoms with Crippen molar-refractivity contribution in [2.24, 2.45) is 5.41 Å². The molecular weight excluding hydrogens is 294 g/mol. The third-order valence-electron chi connectivity index (χ3n) is 5.65. The molecule has 1 aromatic heterocycles. The van der Waals surface area contributed by atoms with Crippen molar-refractivity contribution in [2.45, 2.75) is 44.6 Å². The predicted molar refractivity (Wildman–Crippen MR) is 82.5 cm³/mol. The minimum atomic E-state index is -0.210. The van der Waals surface area contributed by atoms with Gasteiger partial charge >= 0.3 is 0 Å². The third-order valence-corrected chi connectivity index (χ3v) is 5.65. The highest BCUT2D eigenvalue weighted by molar-refractivity contribution is 5.85. The standard InChI is InChI=1S/C16H23N5O2/c1-19-7-4-16(15(19)23)5-8-20(9-6-16)14(22)11-21-10-13(17-18-21)12-2-3-12/h10,12H,2-9,11H2,1H3. The van der Waals surface area contributed by atoms with Crippen LogP contribution in [0.2, 0.25) is 0 Å². The van der Waals surface area contributed by atoms with Crippen molar-refractivity contribution >= 4 is 11.8 Å². The summed E-state index contributed by atoms with van der Waals surface area (Å²) in [5, 5.41) is 8.21. The summed E-state index contributed by atoms with van der Waals surface area (Å²) < 4.78 is 1.65. The molecule has 0 atom stereocenters. The van der Waals surface area contributed by atoms with Crippen LogP contribution in [0.4, 0.5) is 0 Å². The largest absolute Gasteiger partial charge is 0.345 e. The Balaban J connectivity index is 1.34. The van der Waals surface area contributed by atoms with E-state index >= 15 is 0 Å². The van der Waals surface area contributed by atoms with Gasteiger partial charge in [-0.15, -0.1) is 5.10 Å². The minimum Gasteiger partial charge on any atom is -0.345 e. The Morgan fingerprint density at radius 1 is 1.26 bits per heavy atom. The molecule has 0 unspecified atom stereocenters. The zero-order valence-electron chi connectivity index (χ0n) is 13.6. The average molecular weight is 317 g/mol. The molecule has 0 N–H and O–H groups in total. The maximum Gasteiger partial charge on any atom is 0.244 e. The molecule has 3 fully saturated rings. The first-order valence-electron chi connectivity index (χ1n) is 8.51. The van der Waals surface area contributed by atoms with E-state index in [2.05, 4.69) is 10.3 Å². The second-order valence-corrected chi connectivity index (χ2v) is 7.25. The highest BCUT2D eigenvalue weighted by Crippen LogP contribution is 2.41. The van der Waals surface area contributed by atoms with Gasteiger partial charge in [0.05, 0.1) is 11.1 Å². The molecule has 1 aliphatic carbocycles. The fourth-order valence-corrected chi connectivity index (χ4v) is 3.84. The van der Waals surface area contributed by atoms with Gasteiger partial charge in [-0.3, -0.25) is 9.59 Å². The first kappa shape index (κ1) is 14.7. The monoisotopic (exact) mass is 317 g/mol. The smallest absolute Gasteiger partial charge is 0.244 e. The number of carbonyl (C=O) groups is 2. The summed E-state index contributed by atoms with van der Waals surface area (Å²) in [6.45, 7) is 2.43. The van der Waals surface area contributed by atoms with Crippen molar-refractivity contribution in [3.63, 3.8) is 0 Å². The number of piperidine rings is 1. The van der Waals surface area contributed by atoms with Gasteiger partial charge in [0, 0.05) is 38.8 Å². The lowest BCUT2D eigenvalue weighted by Crippen LogP contribution is -2.47. The number of carbonyl (C=O) groups excluding carboxylic acids is 2. The molecule has 2 saturated heterocycles. The first-order valence-corrected chi connectivity index (χ1v) is 8.51. The van der Waals surface area contributed by atoms with Gasteiger partial charge in [-0.05, 0) is 32.1 Å². The van der Waals surface area contributed by atoms with Crippen molar-refractivity contribution < 1.29 is 9.59 Å². The van der Waals surface area contributed by atoms with Gasteiger partial charge in [0.25, 0.3) is 0 Å². The highest BCUT2D eigenvalue weighted by Gasteiger charge is 2.47. The second-order valence-electron chi connectivity index (χ2n) is 7.25. The Hall–Kier alpha value is -1.92. The number of amides is 2. The normalized spacial score (nSPS) is 23.8. The minimum absolute atomic E-state index is 0.0749. The highest BCUT2D eigenvalue weighted by atomic mass is 16.2. The lowest BCUT2D eigenvalue weighted by atomic mass is 9.77. The van der Waals surface area contributed by atoms with Crippen molar-refractivity contribution in [1.29, 1.82) is 0 Å². The number of rotatable bonds is 3. The third kappa shape index (κ3) is 2.62. The van der Waals surface area contributed by atoms with E-state index < -0.39 is 0 Å². The Kier molecular flexibility index (Phi) is 3.39. The summed E-state index contributed by atoms with van der Waals surface area (Å²) in [5.41, 5.74) is 0.799. The fourth-order valence-electron chi connectivity index (χ4n) is 3.84. The van der Waals surface area contributed by atoms with E-state index in [0.29, 0.717) is 19.0 Å². The number of nitrogens with zero attached hydrogens (tertiary/aromatic N) is 5. The Morgan fingerprint density at radius 2 is 1.96 bits per heavy atom. The number of likely N-dealkylation sites (tertiary alicyclic amines) is 2. The van der Waals surface area contributed by atoms with E-state index in [4.69, 9.17) is 0 Å². The lowest BCUT2D eigenvalue weighted by Gasteiger charge is -2.37. The van der Waals surface area contributed by atoms with Crippen LogP contribution in [0.5, 0.6) is 0 Å². The van der Waals surface area contributed by atoms with E-state index in [0.717, 1.165) is 31.5 Å². The summed E-state index contributed by atoms with van der Waals surface area (Å²) in [5.74, 6) is 0.889. The molecular formula is C16H23N5O2. The van der Waals surface area contributed by atoms with Crippen LogP contribution in [0.1, 0.15) is 43.7 Å². The van der Waals surface area contributed by atoms with Gasteiger partial charge < -0.3 is 9.80 Å². The molecule has 3 heterocycles. The average Bonchev–Trinajstić information content (AvgIpc) is 3.26. The second kappa shape index (κ2) is 5.32. The fraction of sp³-hybridized carbons (Fsp3) is 0.750. The van der Waals surface area contributed by atoms with Crippen LogP contribution in [0.25, 0.3) is 0 Å². The van der Waals surface area contributed by atoms with Crippen LogP contribution in [-0.2, 0) is 16.1 Å². The van der Waals surface area contributed by atoms with Gasteiger partial charge in [-0.2, -0.15) is 0 Å².